The molecule has 1 aromatic heterocycles. The Morgan fingerprint density at radius 2 is 1.97 bits per heavy atom. The van der Waals surface area contributed by atoms with Crippen LogP contribution in [0.2, 0.25) is 0 Å². The summed E-state index contributed by atoms with van der Waals surface area (Å²) in [5, 5.41) is 0.810. The van der Waals surface area contributed by atoms with Gasteiger partial charge in [-0.05, 0) is 66.0 Å². The molecule has 0 radical (unpaired) electrons. The molecule has 2 heterocycles. The van der Waals surface area contributed by atoms with Gasteiger partial charge >= 0.3 is 6.43 Å². The molecule has 0 fully saturated rings. The van der Waals surface area contributed by atoms with Crippen molar-refractivity contribution in [1.82, 2.24) is 14.4 Å². The molecule has 2 aliphatic rings. The van der Waals surface area contributed by atoms with Crippen LogP contribution in [0.5, 0.6) is 0 Å². The minimum atomic E-state index is -3.09. The van der Waals surface area contributed by atoms with Gasteiger partial charge in [-0.1, -0.05) is 18.2 Å². The number of halogens is 3. The fourth-order valence-electron chi connectivity index (χ4n) is 4.83. The van der Waals surface area contributed by atoms with Crippen LogP contribution in [0.25, 0.3) is 16.5 Å². The maximum absolute atomic E-state index is 13.2. The first kappa shape index (κ1) is 21.2. The van der Waals surface area contributed by atoms with Crippen LogP contribution in [0.15, 0.2) is 28.9 Å². The molecule has 0 bridgehead atoms. The second-order valence-electron chi connectivity index (χ2n) is 7.84. The number of rotatable bonds is 4. The number of likely N-dealkylation sites (N-methyl/N-ethyl adjacent to an activating group) is 1. The van der Waals surface area contributed by atoms with E-state index in [0.717, 1.165) is 26.7 Å². The van der Waals surface area contributed by atoms with E-state index < -0.39 is 12.3 Å². The molecule has 1 aromatic carbocycles. The zero-order chi connectivity index (χ0) is 21.7. The lowest BCUT2D eigenvalue weighted by molar-refractivity contribution is -0.134. The molecular formula is C22H24BrF2N3O2. The van der Waals surface area contributed by atoms with E-state index in [1.165, 1.54) is 0 Å². The summed E-state index contributed by atoms with van der Waals surface area (Å²) in [5.41, 5.74) is 3.27. The van der Waals surface area contributed by atoms with Crippen molar-refractivity contribution in [2.75, 3.05) is 26.7 Å². The van der Waals surface area contributed by atoms with Crippen LogP contribution < -0.4 is 0 Å². The van der Waals surface area contributed by atoms with Gasteiger partial charge in [-0.15, -0.1) is 0 Å². The highest BCUT2D eigenvalue weighted by molar-refractivity contribution is 9.10. The maximum Gasteiger partial charge on any atom is 0.316 e. The van der Waals surface area contributed by atoms with Crippen molar-refractivity contribution in [3.63, 3.8) is 0 Å². The van der Waals surface area contributed by atoms with Crippen LogP contribution in [-0.2, 0) is 11.2 Å². The first-order chi connectivity index (χ1) is 14.3. The Morgan fingerprint density at radius 3 is 2.60 bits per heavy atom. The summed E-state index contributed by atoms with van der Waals surface area (Å²) >= 11 is 3.41. The molecule has 2 aromatic rings. The molecule has 0 unspecified atom stereocenters. The lowest BCUT2D eigenvalue weighted by Gasteiger charge is -2.40. The molecule has 5 nitrogen and oxygen atoms in total. The lowest BCUT2D eigenvalue weighted by Crippen LogP contribution is -2.47. The number of benzene rings is 1. The smallest absolute Gasteiger partial charge is 0.316 e. The van der Waals surface area contributed by atoms with E-state index in [9.17, 15) is 18.4 Å². The van der Waals surface area contributed by atoms with Crippen LogP contribution in [0, 0.1) is 5.92 Å². The van der Waals surface area contributed by atoms with Crippen molar-refractivity contribution in [3.05, 3.63) is 40.0 Å². The lowest BCUT2D eigenvalue weighted by atomic mass is 9.79. The summed E-state index contributed by atoms with van der Waals surface area (Å²) in [4.78, 5) is 29.2. The number of hydrogen-bond donors (Lipinski definition) is 0. The fraction of sp³-hybridized carbons (Fsp3) is 0.455. The molecule has 4 rings (SSSR count). The van der Waals surface area contributed by atoms with Crippen LogP contribution in [0.4, 0.5) is 8.78 Å². The van der Waals surface area contributed by atoms with Gasteiger partial charge < -0.3 is 4.90 Å². The van der Waals surface area contributed by atoms with E-state index in [2.05, 4.69) is 20.8 Å². The molecule has 2 atom stereocenters. The van der Waals surface area contributed by atoms with Gasteiger partial charge in [-0.3, -0.25) is 19.1 Å². The number of nitrogens with zero attached hydrogens (tertiary/aromatic N) is 3. The Hall–Kier alpha value is -2.06. The van der Waals surface area contributed by atoms with Crippen molar-refractivity contribution in [1.29, 1.82) is 0 Å². The molecule has 0 N–H and O–H groups in total. The molecule has 1 aliphatic carbocycles. The van der Waals surface area contributed by atoms with Gasteiger partial charge in [0.2, 0.25) is 5.91 Å². The number of carbonyl (C=O) groups is 2. The number of aromatic nitrogens is 1. The molecule has 1 amide bonds. The highest BCUT2D eigenvalue weighted by Gasteiger charge is 2.39. The Bertz CT molecular complexity index is 1060. The summed E-state index contributed by atoms with van der Waals surface area (Å²) in [6, 6.07) is 5.45. The van der Waals surface area contributed by atoms with Crippen molar-refractivity contribution < 1.29 is 18.4 Å². The van der Waals surface area contributed by atoms with Gasteiger partial charge in [0, 0.05) is 31.1 Å². The van der Waals surface area contributed by atoms with E-state index in [1.54, 1.807) is 12.1 Å². The van der Waals surface area contributed by atoms with Crippen molar-refractivity contribution in [3.8, 4) is 0 Å². The summed E-state index contributed by atoms with van der Waals surface area (Å²) in [6.07, 6.45) is -0.454. The third-order valence-corrected chi connectivity index (χ3v) is 7.13. The average molecular weight is 480 g/mol. The molecule has 0 saturated carbocycles. The second kappa shape index (κ2) is 7.89. The number of fused-ring (bicyclic) bond motifs is 2. The SMILES string of the molecule is CCN(CC)C(=O)[C@@H]1C=C2c3cccc4c3c(c(Br)n4C(=O)C(F)F)C[C@H]2N(C)C1. The van der Waals surface area contributed by atoms with Crippen LogP contribution >= 0.6 is 15.9 Å². The molecule has 0 spiro atoms. The Balaban J connectivity index is 1.88. The predicted octanol–water partition coefficient (Wildman–Crippen LogP) is 4.05. The Kier molecular flexibility index (Phi) is 5.57. The van der Waals surface area contributed by atoms with Crippen molar-refractivity contribution in [2.45, 2.75) is 32.7 Å². The van der Waals surface area contributed by atoms with E-state index in [4.69, 9.17) is 0 Å². The third kappa shape index (κ3) is 3.12. The van der Waals surface area contributed by atoms with E-state index in [-0.39, 0.29) is 17.9 Å². The van der Waals surface area contributed by atoms with Crippen LogP contribution in [0.3, 0.4) is 0 Å². The standard InChI is InChI=1S/C22H24BrF2N3O2/c1-4-27(5-2)21(29)12-9-14-13-7-6-8-16-18(13)15(10-17(14)26(3)11-12)19(23)28(16)22(30)20(24)25/h6-9,12,17,20H,4-5,10-11H2,1-3H3/t12-,17-/m1/s1. The second-order valence-corrected chi connectivity index (χ2v) is 8.59. The first-order valence-electron chi connectivity index (χ1n) is 10.1. The first-order valence-corrected chi connectivity index (χ1v) is 10.9. The molecule has 30 heavy (non-hydrogen) atoms. The summed E-state index contributed by atoms with van der Waals surface area (Å²) in [6.45, 7) is 5.86. The monoisotopic (exact) mass is 479 g/mol. The quantitative estimate of drug-likeness (QED) is 0.664. The molecule has 1 aliphatic heterocycles. The minimum absolute atomic E-state index is 0.0256. The Morgan fingerprint density at radius 1 is 1.27 bits per heavy atom. The van der Waals surface area contributed by atoms with Crippen LogP contribution in [0.1, 0.15) is 29.8 Å². The normalized spacial score (nSPS) is 21.0. The van der Waals surface area contributed by atoms with Crippen molar-refractivity contribution >= 4 is 44.2 Å². The zero-order valence-corrected chi connectivity index (χ0v) is 18.7. The third-order valence-electron chi connectivity index (χ3n) is 6.29. The van der Waals surface area contributed by atoms with Gasteiger partial charge in [-0.25, -0.2) is 0 Å². The van der Waals surface area contributed by atoms with Gasteiger partial charge in [0.15, 0.2) is 0 Å². The molecule has 160 valence electrons. The summed E-state index contributed by atoms with van der Waals surface area (Å²) < 4.78 is 27.9. The average Bonchev–Trinajstić information content (AvgIpc) is 3.01. The minimum Gasteiger partial charge on any atom is -0.343 e. The maximum atomic E-state index is 13.2. The van der Waals surface area contributed by atoms with Gasteiger partial charge in [0.25, 0.3) is 5.91 Å². The molecule has 0 saturated heterocycles. The zero-order valence-electron chi connectivity index (χ0n) is 17.2. The highest BCUT2D eigenvalue weighted by Crippen LogP contribution is 2.45. The molecule has 8 heteroatoms. The van der Waals surface area contributed by atoms with E-state index in [0.29, 0.717) is 36.2 Å². The van der Waals surface area contributed by atoms with Crippen molar-refractivity contribution in [2.24, 2.45) is 5.92 Å². The van der Waals surface area contributed by atoms with E-state index in [1.807, 2.05) is 37.9 Å². The number of hydrogen-bond acceptors (Lipinski definition) is 3. The number of amides is 1. The topological polar surface area (TPSA) is 45.6 Å². The highest BCUT2D eigenvalue weighted by atomic mass is 79.9. The summed E-state index contributed by atoms with van der Waals surface area (Å²) in [5.74, 6) is -1.40. The Labute approximate surface area is 182 Å². The van der Waals surface area contributed by atoms with E-state index >= 15 is 0 Å². The fourth-order valence-corrected chi connectivity index (χ4v) is 5.56. The van der Waals surface area contributed by atoms with Gasteiger partial charge in [-0.2, -0.15) is 8.78 Å². The van der Waals surface area contributed by atoms with Gasteiger partial charge in [0.05, 0.1) is 16.0 Å². The molecular weight excluding hydrogens is 456 g/mol. The summed E-state index contributed by atoms with van der Waals surface area (Å²) in [7, 11) is 1.99. The van der Waals surface area contributed by atoms with Gasteiger partial charge in [0.1, 0.15) is 0 Å². The largest absolute Gasteiger partial charge is 0.343 e. The number of carbonyl (C=O) groups excluding carboxylic acids is 2. The van der Waals surface area contributed by atoms with Crippen LogP contribution in [-0.4, -0.2) is 65.3 Å². The predicted molar refractivity (Wildman–Crippen MR) is 116 cm³/mol. The number of alkyl halides is 2.